The lowest BCUT2D eigenvalue weighted by Gasteiger charge is -2.25. The quantitative estimate of drug-likeness (QED) is 0.743. The lowest BCUT2D eigenvalue weighted by Crippen LogP contribution is -2.27. The fourth-order valence-electron chi connectivity index (χ4n) is 2.52. The topological polar surface area (TPSA) is 64.5 Å². The van der Waals surface area contributed by atoms with Crippen LogP contribution < -0.4 is 5.32 Å². The normalized spacial score (nSPS) is 11.4. The Balaban J connectivity index is 1.81. The van der Waals surface area contributed by atoms with Crippen LogP contribution in [-0.4, -0.2) is 16.5 Å². The van der Waals surface area contributed by atoms with E-state index in [1.807, 2.05) is 30.3 Å². The second kappa shape index (κ2) is 5.94. The fourth-order valence-corrected chi connectivity index (χ4v) is 2.71. The molecule has 0 aliphatic rings. The number of aromatic amines is 1. The zero-order valence-corrected chi connectivity index (χ0v) is 13.8. The summed E-state index contributed by atoms with van der Waals surface area (Å²) in [7, 11) is 0. The molecule has 0 fully saturated rings. The van der Waals surface area contributed by atoms with Crippen LogP contribution in [-0.2, 0) is 5.41 Å². The van der Waals surface area contributed by atoms with E-state index in [1.54, 1.807) is 6.07 Å². The number of nitriles is 1. The molecule has 0 spiro atoms. The highest BCUT2D eigenvalue weighted by molar-refractivity contribution is 6.30. The summed E-state index contributed by atoms with van der Waals surface area (Å²) in [6, 6.07) is 15.6. The third kappa shape index (κ3) is 3.15. The zero-order chi connectivity index (χ0) is 16.4. The number of benzene rings is 2. The third-order valence-electron chi connectivity index (χ3n) is 3.94. The lowest BCUT2D eigenvalue weighted by atomic mass is 9.85. The Morgan fingerprint density at radius 1 is 1.26 bits per heavy atom. The van der Waals surface area contributed by atoms with Crippen LogP contribution in [0.2, 0.25) is 5.02 Å². The predicted molar refractivity (Wildman–Crippen MR) is 93.8 cm³/mol. The molecule has 3 rings (SSSR count). The van der Waals surface area contributed by atoms with Gasteiger partial charge in [0.1, 0.15) is 11.6 Å². The molecule has 0 saturated carbocycles. The van der Waals surface area contributed by atoms with Crippen LogP contribution >= 0.6 is 11.6 Å². The average molecular weight is 325 g/mol. The van der Waals surface area contributed by atoms with Crippen LogP contribution in [0.3, 0.4) is 0 Å². The molecule has 1 heterocycles. The van der Waals surface area contributed by atoms with Gasteiger partial charge in [0.15, 0.2) is 0 Å². The van der Waals surface area contributed by atoms with Crippen molar-refractivity contribution in [1.82, 2.24) is 9.97 Å². The second-order valence-corrected chi connectivity index (χ2v) is 6.58. The van der Waals surface area contributed by atoms with E-state index in [0.717, 1.165) is 16.1 Å². The number of H-pyrrole nitrogens is 1. The van der Waals surface area contributed by atoms with E-state index >= 15 is 0 Å². The van der Waals surface area contributed by atoms with Gasteiger partial charge in [-0.3, -0.25) is 0 Å². The smallest absolute Gasteiger partial charge is 0.201 e. The highest BCUT2D eigenvalue weighted by atomic mass is 35.5. The molecule has 0 radical (unpaired) electrons. The molecule has 0 saturated heterocycles. The number of aromatic nitrogens is 2. The Kier molecular flexibility index (Phi) is 3.97. The van der Waals surface area contributed by atoms with Crippen molar-refractivity contribution < 1.29 is 0 Å². The molecule has 116 valence electrons. The molecule has 23 heavy (non-hydrogen) atoms. The summed E-state index contributed by atoms with van der Waals surface area (Å²) in [6.07, 6.45) is 0. The molecule has 5 heteroatoms. The van der Waals surface area contributed by atoms with Crippen LogP contribution in [0.1, 0.15) is 25.0 Å². The van der Waals surface area contributed by atoms with E-state index in [1.165, 1.54) is 0 Å². The fraction of sp³-hybridized carbons (Fsp3) is 0.222. The van der Waals surface area contributed by atoms with E-state index in [2.05, 4.69) is 41.3 Å². The highest BCUT2D eigenvalue weighted by Gasteiger charge is 2.21. The first-order valence-corrected chi connectivity index (χ1v) is 7.76. The Morgan fingerprint density at radius 3 is 2.78 bits per heavy atom. The second-order valence-electron chi connectivity index (χ2n) is 6.15. The van der Waals surface area contributed by atoms with Crippen LogP contribution in [0, 0.1) is 11.3 Å². The van der Waals surface area contributed by atoms with Crippen LogP contribution in [0.15, 0.2) is 42.5 Å². The monoisotopic (exact) mass is 324 g/mol. The molecule has 3 aromatic rings. The van der Waals surface area contributed by atoms with Gasteiger partial charge < -0.3 is 10.3 Å². The summed E-state index contributed by atoms with van der Waals surface area (Å²) in [5.41, 5.74) is 3.17. The van der Waals surface area contributed by atoms with Crippen molar-refractivity contribution in [3.05, 3.63) is 58.6 Å². The first-order chi connectivity index (χ1) is 11.0. The summed E-state index contributed by atoms with van der Waals surface area (Å²) >= 11 is 6.09. The summed E-state index contributed by atoms with van der Waals surface area (Å²) in [6.45, 7) is 4.99. The first-order valence-electron chi connectivity index (χ1n) is 7.38. The lowest BCUT2D eigenvalue weighted by molar-refractivity contribution is 0.555. The molecule has 4 nitrogen and oxygen atoms in total. The summed E-state index contributed by atoms with van der Waals surface area (Å²) in [4.78, 5) is 7.69. The predicted octanol–water partition coefficient (Wildman–Crippen LogP) is 4.48. The van der Waals surface area contributed by atoms with E-state index in [4.69, 9.17) is 16.9 Å². The summed E-state index contributed by atoms with van der Waals surface area (Å²) in [5, 5.41) is 13.2. The van der Waals surface area contributed by atoms with Gasteiger partial charge in [0, 0.05) is 17.0 Å². The van der Waals surface area contributed by atoms with Crippen LogP contribution in [0.25, 0.3) is 11.0 Å². The molecule has 2 aromatic carbocycles. The van der Waals surface area contributed by atoms with Crippen molar-refractivity contribution in [1.29, 1.82) is 5.26 Å². The van der Waals surface area contributed by atoms with E-state index < -0.39 is 0 Å². The van der Waals surface area contributed by atoms with Crippen LogP contribution in [0.5, 0.6) is 0 Å². The molecule has 1 aromatic heterocycles. The zero-order valence-electron chi connectivity index (χ0n) is 13.0. The number of hydrogen-bond donors (Lipinski definition) is 2. The van der Waals surface area contributed by atoms with Crippen molar-refractivity contribution in [2.24, 2.45) is 0 Å². The van der Waals surface area contributed by atoms with Gasteiger partial charge in [-0.2, -0.15) is 5.26 Å². The molecule has 0 atom stereocenters. The van der Waals surface area contributed by atoms with E-state index in [0.29, 0.717) is 23.6 Å². The molecule has 0 unspecified atom stereocenters. The minimum atomic E-state index is -0.109. The van der Waals surface area contributed by atoms with E-state index in [9.17, 15) is 0 Å². The molecule has 0 aliphatic heterocycles. The number of rotatable bonds is 4. The van der Waals surface area contributed by atoms with Crippen molar-refractivity contribution in [3.8, 4) is 6.07 Å². The Labute approximate surface area is 140 Å². The summed E-state index contributed by atoms with van der Waals surface area (Å²) < 4.78 is 0. The number of nitrogens with zero attached hydrogens (tertiary/aromatic N) is 2. The Hall–Kier alpha value is -2.51. The van der Waals surface area contributed by atoms with Crippen molar-refractivity contribution in [3.63, 3.8) is 0 Å². The number of anilines is 1. The molecule has 0 aliphatic carbocycles. The van der Waals surface area contributed by atoms with Gasteiger partial charge in [-0.05, 0) is 29.8 Å². The largest absolute Gasteiger partial charge is 0.355 e. The van der Waals surface area contributed by atoms with Gasteiger partial charge in [-0.15, -0.1) is 0 Å². The number of imidazole rings is 1. The Morgan fingerprint density at radius 2 is 2.04 bits per heavy atom. The van der Waals surface area contributed by atoms with Gasteiger partial charge in [0.2, 0.25) is 5.95 Å². The third-order valence-corrected chi connectivity index (χ3v) is 4.17. The number of hydrogen-bond acceptors (Lipinski definition) is 3. The number of para-hydroxylation sites is 1. The maximum Gasteiger partial charge on any atom is 0.201 e. The van der Waals surface area contributed by atoms with Gasteiger partial charge in [-0.1, -0.05) is 43.6 Å². The standard InChI is InChI=1S/C18H17ClN4/c1-18(2,13-6-4-7-14(19)9-13)11-21-17-22-15-8-3-5-12(10-20)16(15)23-17/h3-9H,11H2,1-2H3,(H2,21,22,23). The average Bonchev–Trinajstić information content (AvgIpc) is 2.96. The van der Waals surface area contributed by atoms with Crippen LogP contribution in [0.4, 0.5) is 5.95 Å². The molecule has 0 bridgehead atoms. The molecular formula is C18H17ClN4. The van der Waals surface area contributed by atoms with Crippen molar-refractivity contribution in [2.75, 3.05) is 11.9 Å². The molecule has 2 N–H and O–H groups in total. The number of fused-ring (bicyclic) bond motifs is 1. The van der Waals surface area contributed by atoms with E-state index in [-0.39, 0.29) is 5.41 Å². The Bertz CT molecular complexity index is 889. The molecular weight excluding hydrogens is 308 g/mol. The number of nitrogens with one attached hydrogen (secondary N) is 2. The maximum absolute atomic E-state index is 9.14. The first kappa shape index (κ1) is 15.4. The minimum Gasteiger partial charge on any atom is -0.355 e. The summed E-state index contributed by atoms with van der Waals surface area (Å²) in [5.74, 6) is 0.665. The SMILES string of the molecule is CC(C)(CNc1nc2c(C#N)cccc2[nH]1)c1cccc(Cl)c1. The highest BCUT2D eigenvalue weighted by Crippen LogP contribution is 2.26. The van der Waals surface area contributed by atoms with Gasteiger partial charge in [-0.25, -0.2) is 4.98 Å². The van der Waals surface area contributed by atoms with Crippen molar-refractivity contribution >= 4 is 28.6 Å². The van der Waals surface area contributed by atoms with Gasteiger partial charge in [0.05, 0.1) is 11.1 Å². The molecule has 0 amide bonds. The maximum atomic E-state index is 9.14. The van der Waals surface area contributed by atoms with Crippen molar-refractivity contribution in [2.45, 2.75) is 19.3 Å². The minimum absolute atomic E-state index is 0.109. The number of halogens is 1. The van der Waals surface area contributed by atoms with Gasteiger partial charge in [0.25, 0.3) is 0 Å². The van der Waals surface area contributed by atoms with Gasteiger partial charge >= 0.3 is 0 Å².